The Kier molecular flexibility index (Phi) is 6.46. The molecule has 0 atom stereocenters. The Morgan fingerprint density at radius 3 is 2.46 bits per heavy atom. The molecule has 3 rings (SSSR count). The van der Waals surface area contributed by atoms with Gasteiger partial charge in [0.2, 0.25) is 0 Å². The maximum atomic E-state index is 4.46. The first kappa shape index (κ1) is 18.7. The van der Waals surface area contributed by atoms with Gasteiger partial charge in [-0.3, -0.25) is 0 Å². The second kappa shape index (κ2) is 9.00. The molecule has 7 heteroatoms. The molecule has 1 aromatic carbocycles. The second-order valence-corrected chi connectivity index (χ2v) is 7.73. The lowest BCUT2D eigenvalue weighted by molar-refractivity contribution is 0.761. The first-order valence-corrected chi connectivity index (χ1v) is 10.3. The van der Waals surface area contributed by atoms with Crippen LogP contribution in [0.3, 0.4) is 0 Å². The van der Waals surface area contributed by atoms with Crippen LogP contribution in [0.1, 0.15) is 22.8 Å². The first-order chi connectivity index (χ1) is 12.6. The van der Waals surface area contributed by atoms with Gasteiger partial charge in [-0.25, -0.2) is 9.97 Å². The van der Waals surface area contributed by atoms with Gasteiger partial charge < -0.3 is 4.57 Å². The number of thioether (sulfide) groups is 2. The normalized spacial score (nSPS) is 11.3. The van der Waals surface area contributed by atoms with E-state index in [1.807, 2.05) is 49.7 Å². The Hall–Kier alpha value is -2.12. The maximum absolute atomic E-state index is 4.46. The van der Waals surface area contributed by atoms with Crippen LogP contribution in [-0.4, -0.2) is 30.5 Å². The lowest BCUT2D eigenvalue weighted by Gasteiger charge is -2.04. The van der Waals surface area contributed by atoms with Crippen molar-refractivity contribution in [1.29, 1.82) is 0 Å². The number of aryl methyl sites for hydroxylation is 2. The molecule has 2 aromatic heterocycles. The van der Waals surface area contributed by atoms with Gasteiger partial charge in [0.25, 0.3) is 0 Å². The molecule has 0 bridgehead atoms. The highest BCUT2D eigenvalue weighted by molar-refractivity contribution is 7.99. The van der Waals surface area contributed by atoms with E-state index in [9.17, 15) is 0 Å². The second-order valence-electron chi connectivity index (χ2n) is 5.80. The molecule has 0 saturated carbocycles. The van der Waals surface area contributed by atoms with Crippen molar-refractivity contribution in [2.45, 2.75) is 29.9 Å². The van der Waals surface area contributed by atoms with Crippen molar-refractivity contribution in [3.8, 4) is 0 Å². The minimum Gasteiger partial charge on any atom is -0.308 e. The molecule has 134 valence electrons. The molecular weight excluding hydrogens is 362 g/mol. The monoisotopic (exact) mass is 383 g/mol. The minimum atomic E-state index is 0.701. The van der Waals surface area contributed by atoms with Gasteiger partial charge in [-0.05, 0) is 25.5 Å². The largest absolute Gasteiger partial charge is 0.308 e. The highest BCUT2D eigenvalue weighted by atomic mass is 32.2. The third-order valence-electron chi connectivity index (χ3n) is 3.64. The Morgan fingerprint density at radius 1 is 1.00 bits per heavy atom. The predicted octanol–water partition coefficient (Wildman–Crippen LogP) is 4.32. The summed E-state index contributed by atoms with van der Waals surface area (Å²) in [5.41, 5.74) is 3.18. The molecule has 0 amide bonds. The summed E-state index contributed by atoms with van der Waals surface area (Å²) in [5.74, 6) is 2.48. The summed E-state index contributed by atoms with van der Waals surface area (Å²) in [4.78, 5) is 8.91. The minimum absolute atomic E-state index is 0.701. The van der Waals surface area contributed by atoms with Gasteiger partial charge in [0.1, 0.15) is 5.82 Å². The number of hydrogen-bond donors (Lipinski definition) is 0. The van der Waals surface area contributed by atoms with E-state index in [4.69, 9.17) is 0 Å². The molecule has 0 aliphatic carbocycles. The summed E-state index contributed by atoms with van der Waals surface area (Å²) in [5, 5.41) is 10.3. The van der Waals surface area contributed by atoms with E-state index in [1.165, 1.54) is 5.56 Å². The fraction of sp³-hybridized carbons (Fsp3) is 0.263. The van der Waals surface area contributed by atoms with Crippen LogP contribution in [0.5, 0.6) is 0 Å². The Morgan fingerprint density at radius 2 is 1.73 bits per heavy atom. The summed E-state index contributed by atoms with van der Waals surface area (Å²) >= 11 is 3.26. The summed E-state index contributed by atoms with van der Waals surface area (Å²) in [6.07, 6.45) is 4.27. The standard InChI is InChI=1S/C19H21N5S2/c1-14-12-15(2)21-18(20-14)26-13-17-22-23-19(24(17)3)25-11-7-10-16-8-5-4-6-9-16/h4-10,12H,11,13H2,1-3H3/b10-7-. The first-order valence-electron chi connectivity index (χ1n) is 8.29. The van der Waals surface area contributed by atoms with Crippen LogP contribution in [0.25, 0.3) is 6.08 Å². The number of aromatic nitrogens is 5. The van der Waals surface area contributed by atoms with Crippen LogP contribution in [0.4, 0.5) is 0 Å². The predicted molar refractivity (Wildman–Crippen MR) is 108 cm³/mol. The van der Waals surface area contributed by atoms with Crippen LogP contribution in [0.15, 0.2) is 52.8 Å². The van der Waals surface area contributed by atoms with Crippen LogP contribution < -0.4 is 0 Å². The zero-order valence-electron chi connectivity index (χ0n) is 15.1. The average Bonchev–Trinajstić information content (AvgIpc) is 2.97. The highest BCUT2D eigenvalue weighted by Crippen LogP contribution is 2.22. The molecule has 0 N–H and O–H groups in total. The van der Waals surface area contributed by atoms with E-state index in [0.717, 1.165) is 33.3 Å². The van der Waals surface area contributed by atoms with Crippen molar-refractivity contribution in [3.63, 3.8) is 0 Å². The number of rotatable bonds is 7. The van der Waals surface area contributed by atoms with Crippen molar-refractivity contribution < 1.29 is 0 Å². The Labute approximate surface area is 162 Å². The van der Waals surface area contributed by atoms with E-state index in [1.54, 1.807) is 23.5 Å². The summed E-state index contributed by atoms with van der Waals surface area (Å²) in [7, 11) is 2.00. The number of hydrogen-bond acceptors (Lipinski definition) is 6. The van der Waals surface area contributed by atoms with Crippen LogP contribution in [-0.2, 0) is 12.8 Å². The highest BCUT2D eigenvalue weighted by Gasteiger charge is 2.10. The molecular formula is C19H21N5S2. The van der Waals surface area contributed by atoms with Crippen LogP contribution >= 0.6 is 23.5 Å². The molecule has 0 aliphatic heterocycles. The van der Waals surface area contributed by atoms with E-state index >= 15 is 0 Å². The zero-order valence-corrected chi connectivity index (χ0v) is 16.7. The molecule has 0 aliphatic rings. The molecule has 0 spiro atoms. The van der Waals surface area contributed by atoms with Crippen molar-refractivity contribution in [1.82, 2.24) is 24.7 Å². The van der Waals surface area contributed by atoms with Gasteiger partial charge in [0.15, 0.2) is 10.3 Å². The van der Waals surface area contributed by atoms with Crippen LogP contribution in [0.2, 0.25) is 0 Å². The third-order valence-corrected chi connectivity index (χ3v) is 5.45. The van der Waals surface area contributed by atoms with E-state index in [2.05, 4.69) is 44.5 Å². The van der Waals surface area contributed by atoms with Gasteiger partial charge in [0.05, 0.1) is 5.75 Å². The smallest absolute Gasteiger partial charge is 0.191 e. The molecule has 5 nitrogen and oxygen atoms in total. The molecule has 0 radical (unpaired) electrons. The summed E-state index contributed by atoms with van der Waals surface area (Å²) in [6.45, 7) is 3.97. The van der Waals surface area contributed by atoms with Gasteiger partial charge >= 0.3 is 0 Å². The lowest BCUT2D eigenvalue weighted by Crippen LogP contribution is -1.99. The summed E-state index contributed by atoms with van der Waals surface area (Å²) < 4.78 is 2.04. The van der Waals surface area contributed by atoms with E-state index in [-0.39, 0.29) is 0 Å². The SMILES string of the molecule is Cc1cc(C)nc(SCc2nnc(SC/C=C\c3ccccc3)n2C)n1. The van der Waals surface area contributed by atoms with E-state index < -0.39 is 0 Å². The molecule has 26 heavy (non-hydrogen) atoms. The van der Waals surface area contributed by atoms with Crippen LogP contribution in [0, 0.1) is 13.8 Å². The topological polar surface area (TPSA) is 56.5 Å². The molecule has 0 fully saturated rings. The van der Waals surface area contributed by atoms with Gasteiger partial charge in [0, 0.05) is 24.2 Å². The fourth-order valence-electron chi connectivity index (χ4n) is 2.35. The lowest BCUT2D eigenvalue weighted by atomic mass is 10.2. The molecule has 2 heterocycles. The molecule has 0 saturated heterocycles. The average molecular weight is 384 g/mol. The quantitative estimate of drug-likeness (QED) is 0.447. The Balaban J connectivity index is 1.55. The fourth-order valence-corrected chi connectivity index (χ4v) is 4.02. The maximum Gasteiger partial charge on any atom is 0.191 e. The zero-order chi connectivity index (χ0) is 18.4. The molecule has 0 unspecified atom stereocenters. The van der Waals surface area contributed by atoms with Crippen molar-refractivity contribution in [2.24, 2.45) is 7.05 Å². The molecule has 3 aromatic rings. The van der Waals surface area contributed by atoms with Gasteiger partial charge in [-0.1, -0.05) is 66.0 Å². The number of benzene rings is 1. The van der Waals surface area contributed by atoms with Gasteiger partial charge in [-0.15, -0.1) is 10.2 Å². The van der Waals surface area contributed by atoms with Crippen molar-refractivity contribution in [3.05, 3.63) is 65.2 Å². The van der Waals surface area contributed by atoms with Crippen molar-refractivity contribution in [2.75, 3.05) is 5.75 Å². The van der Waals surface area contributed by atoms with Gasteiger partial charge in [-0.2, -0.15) is 0 Å². The van der Waals surface area contributed by atoms with E-state index in [0.29, 0.717) is 5.75 Å². The number of nitrogens with zero attached hydrogens (tertiary/aromatic N) is 5. The summed E-state index contributed by atoms with van der Waals surface area (Å²) in [6, 6.07) is 12.3. The Bertz CT molecular complexity index is 870. The van der Waals surface area contributed by atoms with Crippen molar-refractivity contribution >= 4 is 29.6 Å². The third kappa shape index (κ3) is 5.19.